The number of amides is 3. The number of carbonyl (C=O) groups excluding carboxylic acids is 3. The van der Waals surface area contributed by atoms with Crippen LogP contribution in [-0.4, -0.2) is 55.5 Å². The summed E-state index contributed by atoms with van der Waals surface area (Å²) >= 11 is 0. The van der Waals surface area contributed by atoms with Crippen LogP contribution in [0.3, 0.4) is 0 Å². The van der Waals surface area contributed by atoms with E-state index in [1.807, 2.05) is 18.2 Å². The molecule has 2 heterocycles. The fraction of sp³-hybridized carbons (Fsp3) is 0.318. The van der Waals surface area contributed by atoms with Crippen molar-refractivity contribution in [2.75, 3.05) is 23.8 Å². The van der Waals surface area contributed by atoms with Crippen molar-refractivity contribution >= 4 is 29.3 Å². The Morgan fingerprint density at radius 3 is 2.42 bits per heavy atom. The van der Waals surface area contributed by atoms with E-state index in [4.69, 9.17) is 14.2 Å². The van der Waals surface area contributed by atoms with Gasteiger partial charge in [0.25, 0.3) is 0 Å². The number of nitrogens with one attached hydrogen (secondary N) is 3. The van der Waals surface area contributed by atoms with E-state index in [2.05, 4.69) is 16.0 Å². The SMILES string of the molecule is CC(=O)c1cccc(NC(=O)OC2COC3C(NC(=O)Nc4ccccc4)COC23)c1. The van der Waals surface area contributed by atoms with Crippen molar-refractivity contribution in [2.45, 2.75) is 31.3 Å². The highest BCUT2D eigenvalue weighted by Crippen LogP contribution is 2.29. The summed E-state index contributed by atoms with van der Waals surface area (Å²) in [7, 11) is 0. The summed E-state index contributed by atoms with van der Waals surface area (Å²) in [6.07, 6.45) is -2.17. The molecule has 2 aromatic carbocycles. The van der Waals surface area contributed by atoms with Crippen molar-refractivity contribution in [3.63, 3.8) is 0 Å². The number of fused-ring (bicyclic) bond motifs is 1. The monoisotopic (exact) mass is 425 g/mol. The molecule has 2 fully saturated rings. The second kappa shape index (κ2) is 9.15. The third kappa shape index (κ3) is 5.01. The number of Topliss-reactive ketones (excluding diaryl/α,β-unsaturated/α-hetero) is 1. The molecule has 2 aliphatic heterocycles. The molecule has 9 nitrogen and oxygen atoms in total. The van der Waals surface area contributed by atoms with E-state index < -0.39 is 24.4 Å². The van der Waals surface area contributed by atoms with Gasteiger partial charge in [-0.3, -0.25) is 10.1 Å². The highest BCUT2D eigenvalue weighted by molar-refractivity contribution is 5.96. The van der Waals surface area contributed by atoms with Gasteiger partial charge in [0.2, 0.25) is 0 Å². The van der Waals surface area contributed by atoms with Crippen molar-refractivity contribution in [1.29, 1.82) is 0 Å². The van der Waals surface area contributed by atoms with Crippen LogP contribution in [0.1, 0.15) is 17.3 Å². The Kier molecular flexibility index (Phi) is 6.15. The molecule has 0 radical (unpaired) electrons. The summed E-state index contributed by atoms with van der Waals surface area (Å²) < 4.78 is 16.9. The molecule has 0 saturated carbocycles. The molecule has 31 heavy (non-hydrogen) atoms. The van der Waals surface area contributed by atoms with Gasteiger partial charge >= 0.3 is 12.1 Å². The van der Waals surface area contributed by atoms with Crippen molar-refractivity contribution in [3.8, 4) is 0 Å². The van der Waals surface area contributed by atoms with Crippen LogP contribution >= 0.6 is 0 Å². The first-order valence-corrected chi connectivity index (χ1v) is 9.94. The van der Waals surface area contributed by atoms with E-state index in [9.17, 15) is 14.4 Å². The molecule has 2 saturated heterocycles. The normalized spacial score (nSPS) is 24.2. The van der Waals surface area contributed by atoms with Crippen LogP contribution in [0.5, 0.6) is 0 Å². The van der Waals surface area contributed by atoms with E-state index in [-0.39, 0.29) is 31.1 Å². The van der Waals surface area contributed by atoms with Gasteiger partial charge in [-0.25, -0.2) is 9.59 Å². The van der Waals surface area contributed by atoms with Crippen LogP contribution in [-0.2, 0) is 14.2 Å². The standard InChI is InChI=1S/C22H23N3O6/c1-13(26)14-6-5-9-16(10-14)24-22(28)31-18-12-30-19-17(11-29-20(18)19)25-21(27)23-15-7-3-2-4-8-15/h2-10,17-20H,11-12H2,1H3,(H,24,28)(H2,23,25,27). The summed E-state index contributed by atoms with van der Waals surface area (Å²) in [6, 6.07) is 15.0. The van der Waals surface area contributed by atoms with Crippen LogP contribution in [0.15, 0.2) is 54.6 Å². The highest BCUT2D eigenvalue weighted by atomic mass is 16.6. The Hall–Kier alpha value is -3.43. The lowest BCUT2D eigenvalue weighted by atomic mass is 10.1. The average Bonchev–Trinajstić information content (AvgIpc) is 3.32. The minimum atomic E-state index is -0.670. The van der Waals surface area contributed by atoms with Gasteiger partial charge < -0.3 is 24.8 Å². The van der Waals surface area contributed by atoms with E-state index in [0.717, 1.165) is 0 Å². The third-order valence-corrected chi connectivity index (χ3v) is 5.13. The molecule has 4 rings (SSSR count). The number of para-hydroxylation sites is 1. The second-order valence-corrected chi connectivity index (χ2v) is 7.37. The van der Waals surface area contributed by atoms with Gasteiger partial charge in [-0.1, -0.05) is 30.3 Å². The van der Waals surface area contributed by atoms with Gasteiger partial charge in [0.1, 0.15) is 12.2 Å². The molecule has 3 amide bonds. The molecule has 0 spiro atoms. The number of urea groups is 1. The van der Waals surface area contributed by atoms with Gasteiger partial charge in [-0.15, -0.1) is 0 Å². The second-order valence-electron chi connectivity index (χ2n) is 7.37. The van der Waals surface area contributed by atoms with Crippen molar-refractivity contribution in [1.82, 2.24) is 5.32 Å². The molecule has 4 unspecified atom stereocenters. The molecular formula is C22H23N3O6. The van der Waals surface area contributed by atoms with Crippen LogP contribution in [0.2, 0.25) is 0 Å². The van der Waals surface area contributed by atoms with E-state index in [1.165, 1.54) is 6.92 Å². The fourth-order valence-corrected chi connectivity index (χ4v) is 3.65. The van der Waals surface area contributed by atoms with Crippen LogP contribution in [0.25, 0.3) is 0 Å². The first-order chi connectivity index (χ1) is 15.0. The number of ketones is 1. The van der Waals surface area contributed by atoms with Crippen LogP contribution < -0.4 is 16.0 Å². The van der Waals surface area contributed by atoms with Gasteiger partial charge in [0.05, 0.1) is 19.3 Å². The number of benzene rings is 2. The lowest BCUT2D eigenvalue weighted by Gasteiger charge is -2.18. The number of anilines is 2. The molecule has 4 atom stereocenters. The Morgan fingerprint density at radius 2 is 1.65 bits per heavy atom. The lowest BCUT2D eigenvalue weighted by molar-refractivity contribution is 0.00873. The summed E-state index contributed by atoms with van der Waals surface area (Å²) in [5.41, 5.74) is 1.62. The molecule has 2 aliphatic rings. The highest BCUT2D eigenvalue weighted by Gasteiger charge is 2.50. The number of carbonyl (C=O) groups is 3. The van der Waals surface area contributed by atoms with Crippen molar-refractivity contribution in [3.05, 3.63) is 60.2 Å². The van der Waals surface area contributed by atoms with Crippen LogP contribution in [0.4, 0.5) is 21.0 Å². The fourth-order valence-electron chi connectivity index (χ4n) is 3.65. The lowest BCUT2D eigenvalue weighted by Crippen LogP contribution is -2.46. The minimum absolute atomic E-state index is 0.0988. The zero-order chi connectivity index (χ0) is 21.8. The quantitative estimate of drug-likeness (QED) is 0.635. The van der Waals surface area contributed by atoms with E-state index >= 15 is 0 Å². The Labute approximate surface area is 179 Å². The Balaban J connectivity index is 1.29. The molecule has 0 aromatic heterocycles. The zero-order valence-corrected chi connectivity index (χ0v) is 16.9. The molecular weight excluding hydrogens is 402 g/mol. The Bertz CT molecular complexity index is 967. The van der Waals surface area contributed by atoms with E-state index in [0.29, 0.717) is 16.9 Å². The third-order valence-electron chi connectivity index (χ3n) is 5.13. The number of ether oxygens (including phenoxy) is 3. The maximum Gasteiger partial charge on any atom is 0.412 e. The molecule has 162 valence electrons. The smallest absolute Gasteiger partial charge is 0.412 e. The predicted octanol–water partition coefficient (Wildman–Crippen LogP) is 2.79. The van der Waals surface area contributed by atoms with Crippen LogP contribution in [0, 0.1) is 0 Å². The van der Waals surface area contributed by atoms with E-state index in [1.54, 1.807) is 36.4 Å². The first-order valence-electron chi connectivity index (χ1n) is 9.94. The zero-order valence-electron chi connectivity index (χ0n) is 16.9. The number of hydrogen-bond acceptors (Lipinski definition) is 6. The maximum absolute atomic E-state index is 12.3. The summed E-state index contributed by atoms with van der Waals surface area (Å²) in [6.45, 7) is 1.86. The topological polar surface area (TPSA) is 115 Å². The molecule has 9 heteroatoms. The van der Waals surface area contributed by atoms with Gasteiger partial charge in [0, 0.05) is 16.9 Å². The summed E-state index contributed by atoms with van der Waals surface area (Å²) in [4.78, 5) is 36.0. The van der Waals surface area contributed by atoms with Crippen molar-refractivity contribution < 1.29 is 28.6 Å². The minimum Gasteiger partial charge on any atom is -0.441 e. The molecule has 3 N–H and O–H groups in total. The number of rotatable bonds is 5. The van der Waals surface area contributed by atoms with Crippen molar-refractivity contribution in [2.24, 2.45) is 0 Å². The van der Waals surface area contributed by atoms with Gasteiger partial charge in [0.15, 0.2) is 11.9 Å². The molecule has 0 aliphatic carbocycles. The molecule has 2 aromatic rings. The summed E-state index contributed by atoms with van der Waals surface area (Å²) in [5, 5.41) is 8.20. The average molecular weight is 425 g/mol. The summed E-state index contributed by atoms with van der Waals surface area (Å²) in [5.74, 6) is -0.0988. The number of hydrogen-bond donors (Lipinski definition) is 3. The first kappa shape index (κ1) is 20.8. The Morgan fingerprint density at radius 1 is 0.903 bits per heavy atom. The van der Waals surface area contributed by atoms with Gasteiger partial charge in [-0.05, 0) is 31.2 Å². The molecule has 0 bridgehead atoms. The maximum atomic E-state index is 12.3. The van der Waals surface area contributed by atoms with Gasteiger partial charge in [-0.2, -0.15) is 0 Å². The largest absolute Gasteiger partial charge is 0.441 e. The predicted molar refractivity (Wildman–Crippen MR) is 112 cm³/mol.